The van der Waals surface area contributed by atoms with E-state index in [0.29, 0.717) is 0 Å². The first kappa shape index (κ1) is 11.6. The van der Waals surface area contributed by atoms with Crippen molar-refractivity contribution in [1.82, 2.24) is 0 Å². The Bertz CT molecular complexity index is 155. The molecule has 0 aromatic rings. The average Bonchev–Trinajstić information content (AvgIpc) is 1.92. The third kappa shape index (κ3) is 4.20. The molecule has 0 N–H and O–H groups in total. The maximum atomic E-state index is 5.86. The van der Waals surface area contributed by atoms with Gasteiger partial charge in [-0.2, -0.15) is 0 Å². The third-order valence-electron chi connectivity index (χ3n) is 1.52. The number of hydrogen-bond acceptors (Lipinski definition) is 0. The number of hydrogen-bond donors (Lipinski definition) is 0. The van der Waals surface area contributed by atoms with E-state index in [4.69, 9.17) is 23.2 Å². The zero-order valence-corrected chi connectivity index (χ0v) is 8.55. The first-order valence-corrected chi connectivity index (χ1v) is 4.24. The van der Waals surface area contributed by atoms with Crippen LogP contribution < -0.4 is 0 Å². The van der Waals surface area contributed by atoms with Crippen molar-refractivity contribution < 1.29 is 16.5 Å². The smallest absolute Gasteiger partial charge is 0.0329 e. The monoisotopic (exact) mass is 234 g/mol. The minimum absolute atomic E-state index is 0. The van der Waals surface area contributed by atoms with Crippen LogP contribution in [0.25, 0.3) is 0 Å². The average molecular weight is 236 g/mol. The van der Waals surface area contributed by atoms with E-state index in [0.717, 1.165) is 35.7 Å². The number of allylic oxidation sites excluding steroid dienone is 4. The van der Waals surface area contributed by atoms with E-state index in [1.54, 1.807) is 0 Å². The molecule has 0 aromatic carbocycles. The molecule has 0 radical (unpaired) electrons. The molecule has 0 bridgehead atoms. The van der Waals surface area contributed by atoms with Gasteiger partial charge >= 0.3 is 0 Å². The van der Waals surface area contributed by atoms with Gasteiger partial charge in [0, 0.05) is 26.6 Å². The largest absolute Gasteiger partial charge is 0.0882 e. The standard InChI is InChI=1S/C8H10Cl2.Ni/c9-7-5-3-1-2-4-6-8(7)10;/h1-2H,3-6H2;/b2-1-,8-7-;. The van der Waals surface area contributed by atoms with E-state index in [-0.39, 0.29) is 16.5 Å². The van der Waals surface area contributed by atoms with Crippen molar-refractivity contribution in [2.75, 3.05) is 0 Å². The molecule has 0 fully saturated rings. The Morgan fingerprint density at radius 3 is 1.64 bits per heavy atom. The minimum atomic E-state index is 0. The predicted octanol–water partition coefficient (Wildman–Crippen LogP) is 3.80. The number of halogens is 2. The van der Waals surface area contributed by atoms with Gasteiger partial charge in [0.2, 0.25) is 0 Å². The van der Waals surface area contributed by atoms with Gasteiger partial charge in [-0.15, -0.1) is 0 Å². The molecule has 1 aliphatic carbocycles. The fraction of sp³-hybridized carbons (Fsp3) is 0.500. The Morgan fingerprint density at radius 2 is 1.27 bits per heavy atom. The molecule has 0 aliphatic heterocycles. The molecule has 1 aliphatic rings. The van der Waals surface area contributed by atoms with Crippen molar-refractivity contribution in [3.8, 4) is 0 Å². The van der Waals surface area contributed by atoms with Crippen molar-refractivity contribution >= 4 is 23.2 Å². The summed E-state index contributed by atoms with van der Waals surface area (Å²) in [6.07, 6.45) is 8.16. The second-order valence-corrected chi connectivity index (χ2v) is 3.27. The normalized spacial score (nSPS) is 28.2. The molecule has 0 saturated heterocycles. The van der Waals surface area contributed by atoms with E-state index in [2.05, 4.69) is 12.2 Å². The molecule has 0 atom stereocenters. The van der Waals surface area contributed by atoms with Crippen LogP contribution in [0.1, 0.15) is 25.7 Å². The molecule has 0 amide bonds. The minimum Gasteiger partial charge on any atom is -0.0882 e. The fourth-order valence-electron chi connectivity index (χ4n) is 0.927. The van der Waals surface area contributed by atoms with E-state index in [1.807, 2.05) is 0 Å². The van der Waals surface area contributed by atoms with Crippen LogP contribution in [0.15, 0.2) is 22.2 Å². The molecular weight excluding hydrogens is 226 g/mol. The van der Waals surface area contributed by atoms with Crippen LogP contribution >= 0.6 is 23.2 Å². The predicted molar refractivity (Wildman–Crippen MR) is 46.3 cm³/mol. The van der Waals surface area contributed by atoms with E-state index >= 15 is 0 Å². The fourth-order valence-corrected chi connectivity index (χ4v) is 1.33. The molecule has 11 heavy (non-hydrogen) atoms. The topological polar surface area (TPSA) is 0 Å². The van der Waals surface area contributed by atoms with Crippen molar-refractivity contribution in [2.24, 2.45) is 0 Å². The Hall–Kier alpha value is 0.554. The van der Waals surface area contributed by atoms with Gasteiger partial charge in [0.25, 0.3) is 0 Å². The van der Waals surface area contributed by atoms with Gasteiger partial charge in [0.1, 0.15) is 0 Å². The second-order valence-electron chi connectivity index (χ2n) is 2.36. The molecule has 66 valence electrons. The summed E-state index contributed by atoms with van der Waals surface area (Å²) >= 11 is 11.7. The van der Waals surface area contributed by atoms with Crippen molar-refractivity contribution in [2.45, 2.75) is 25.7 Å². The van der Waals surface area contributed by atoms with Crippen LogP contribution in [-0.4, -0.2) is 0 Å². The zero-order chi connectivity index (χ0) is 7.40. The maximum absolute atomic E-state index is 5.86. The SMILES string of the molecule is Cl/C1=C(\Cl)CC/C=C\CC1.[Ni]. The van der Waals surface area contributed by atoms with E-state index in [9.17, 15) is 0 Å². The number of rotatable bonds is 0. The van der Waals surface area contributed by atoms with Crippen LogP contribution in [0.3, 0.4) is 0 Å². The molecule has 0 spiro atoms. The third-order valence-corrected chi connectivity index (χ3v) is 2.45. The Morgan fingerprint density at radius 1 is 0.909 bits per heavy atom. The molecule has 0 heterocycles. The van der Waals surface area contributed by atoms with Crippen molar-refractivity contribution in [1.29, 1.82) is 0 Å². The van der Waals surface area contributed by atoms with Gasteiger partial charge < -0.3 is 0 Å². The van der Waals surface area contributed by atoms with Gasteiger partial charge in [-0.25, -0.2) is 0 Å². The molecular formula is C8H10Cl2Ni. The maximum Gasteiger partial charge on any atom is 0.0329 e. The summed E-state index contributed by atoms with van der Waals surface area (Å²) in [5, 5.41) is 1.68. The van der Waals surface area contributed by atoms with Gasteiger partial charge in [0.05, 0.1) is 0 Å². The van der Waals surface area contributed by atoms with Crippen LogP contribution in [0.4, 0.5) is 0 Å². The Kier molecular flexibility index (Phi) is 6.42. The molecule has 0 nitrogen and oxygen atoms in total. The van der Waals surface area contributed by atoms with Crippen LogP contribution in [0, 0.1) is 0 Å². The van der Waals surface area contributed by atoms with E-state index in [1.165, 1.54) is 0 Å². The van der Waals surface area contributed by atoms with Gasteiger partial charge in [0.15, 0.2) is 0 Å². The first-order chi connectivity index (χ1) is 4.80. The van der Waals surface area contributed by atoms with E-state index < -0.39 is 0 Å². The molecule has 0 saturated carbocycles. The summed E-state index contributed by atoms with van der Waals surface area (Å²) in [6, 6.07) is 0. The summed E-state index contributed by atoms with van der Waals surface area (Å²) in [5.41, 5.74) is 0. The van der Waals surface area contributed by atoms with Gasteiger partial charge in [-0.05, 0) is 25.7 Å². The van der Waals surface area contributed by atoms with Crippen LogP contribution in [0.2, 0.25) is 0 Å². The summed E-state index contributed by atoms with van der Waals surface area (Å²) in [6.45, 7) is 0. The second kappa shape index (κ2) is 6.11. The van der Waals surface area contributed by atoms with Crippen molar-refractivity contribution in [3.63, 3.8) is 0 Å². The van der Waals surface area contributed by atoms with Crippen molar-refractivity contribution in [3.05, 3.63) is 22.2 Å². The first-order valence-electron chi connectivity index (χ1n) is 3.48. The Balaban J connectivity index is 0.000001000. The summed E-state index contributed by atoms with van der Waals surface area (Å²) in [7, 11) is 0. The van der Waals surface area contributed by atoms with Crippen LogP contribution in [-0.2, 0) is 16.5 Å². The molecule has 0 unspecified atom stereocenters. The van der Waals surface area contributed by atoms with Gasteiger partial charge in [-0.1, -0.05) is 35.4 Å². The molecule has 0 aromatic heterocycles. The summed E-state index contributed by atoms with van der Waals surface area (Å²) < 4.78 is 0. The Labute approximate surface area is 87.6 Å². The summed E-state index contributed by atoms with van der Waals surface area (Å²) in [5.74, 6) is 0. The van der Waals surface area contributed by atoms with Crippen LogP contribution in [0.5, 0.6) is 0 Å². The quantitative estimate of drug-likeness (QED) is 0.443. The molecule has 3 heteroatoms. The van der Waals surface area contributed by atoms with Gasteiger partial charge in [-0.3, -0.25) is 0 Å². The summed E-state index contributed by atoms with van der Waals surface area (Å²) in [4.78, 5) is 0. The zero-order valence-electron chi connectivity index (χ0n) is 6.06. The molecule has 1 rings (SSSR count).